The van der Waals surface area contributed by atoms with E-state index >= 15 is 0 Å². The first kappa shape index (κ1) is 17.0. The van der Waals surface area contributed by atoms with Gasteiger partial charge in [0.05, 0.1) is 23.2 Å². The van der Waals surface area contributed by atoms with Gasteiger partial charge in [0.15, 0.2) is 0 Å². The Morgan fingerprint density at radius 1 is 1.13 bits per heavy atom. The van der Waals surface area contributed by atoms with E-state index in [1.165, 1.54) is 13.1 Å². The van der Waals surface area contributed by atoms with E-state index in [9.17, 15) is 17.6 Å². The van der Waals surface area contributed by atoms with E-state index in [0.717, 1.165) is 10.6 Å². The van der Waals surface area contributed by atoms with Crippen molar-refractivity contribution in [2.24, 2.45) is 0 Å². The van der Waals surface area contributed by atoms with Gasteiger partial charge in [0, 0.05) is 7.05 Å². The Kier molecular flexibility index (Phi) is 4.70. The van der Waals surface area contributed by atoms with Gasteiger partial charge in [-0.15, -0.1) is 0 Å². The summed E-state index contributed by atoms with van der Waals surface area (Å²) < 4.78 is 38.5. The first-order valence-corrected chi connectivity index (χ1v) is 8.66. The van der Waals surface area contributed by atoms with Gasteiger partial charge in [-0.1, -0.05) is 24.3 Å². The zero-order chi connectivity index (χ0) is 17.2. The number of sulfonamides is 1. The van der Waals surface area contributed by atoms with E-state index in [4.69, 9.17) is 0 Å². The fraction of sp³-hybridized carbons (Fsp3) is 0.188. The van der Waals surface area contributed by atoms with Gasteiger partial charge in [-0.25, -0.2) is 12.8 Å². The van der Waals surface area contributed by atoms with Crippen molar-refractivity contribution in [3.63, 3.8) is 0 Å². The molecule has 0 radical (unpaired) electrons. The number of aryl methyl sites for hydroxylation is 1. The summed E-state index contributed by atoms with van der Waals surface area (Å²) in [5.41, 5.74) is 0.851. The Morgan fingerprint density at radius 3 is 2.43 bits per heavy atom. The Balaban J connectivity index is 2.38. The van der Waals surface area contributed by atoms with Crippen molar-refractivity contribution < 1.29 is 17.6 Å². The molecule has 1 N–H and O–H groups in total. The highest BCUT2D eigenvalue weighted by Crippen LogP contribution is 2.27. The number of halogens is 1. The molecule has 23 heavy (non-hydrogen) atoms. The molecule has 0 saturated heterocycles. The van der Waals surface area contributed by atoms with Crippen LogP contribution in [0.4, 0.5) is 15.8 Å². The van der Waals surface area contributed by atoms with Gasteiger partial charge in [-0.2, -0.15) is 0 Å². The number of carbonyl (C=O) groups is 1. The highest BCUT2D eigenvalue weighted by Gasteiger charge is 2.19. The minimum absolute atomic E-state index is 0.0955. The number of anilines is 2. The zero-order valence-electron chi connectivity index (χ0n) is 13.0. The molecule has 0 aromatic heterocycles. The molecular weight excluding hydrogens is 319 g/mol. The Bertz CT molecular complexity index is 850. The van der Waals surface area contributed by atoms with Crippen LogP contribution in [0.5, 0.6) is 0 Å². The molecule has 0 bridgehead atoms. The fourth-order valence-corrected chi connectivity index (χ4v) is 2.56. The molecule has 2 aromatic carbocycles. The van der Waals surface area contributed by atoms with E-state index < -0.39 is 21.7 Å². The summed E-state index contributed by atoms with van der Waals surface area (Å²) in [6.07, 6.45) is 1.06. The second kappa shape index (κ2) is 6.37. The van der Waals surface area contributed by atoms with Crippen molar-refractivity contribution in [2.45, 2.75) is 6.92 Å². The van der Waals surface area contributed by atoms with E-state index in [0.29, 0.717) is 11.3 Å². The van der Waals surface area contributed by atoms with Crippen molar-refractivity contribution in [2.75, 3.05) is 22.9 Å². The molecule has 0 spiro atoms. The lowest BCUT2D eigenvalue weighted by molar-refractivity contribution is 0.102. The van der Waals surface area contributed by atoms with Crippen LogP contribution >= 0.6 is 0 Å². The Hall–Kier alpha value is -2.41. The van der Waals surface area contributed by atoms with Crippen LogP contribution in [-0.2, 0) is 10.0 Å². The van der Waals surface area contributed by atoms with Gasteiger partial charge < -0.3 is 5.32 Å². The average Bonchev–Trinajstić information content (AvgIpc) is 2.49. The molecule has 7 heteroatoms. The van der Waals surface area contributed by atoms with Crippen LogP contribution < -0.4 is 9.62 Å². The predicted octanol–water partition coefficient (Wildman–Crippen LogP) is 2.78. The van der Waals surface area contributed by atoms with Crippen LogP contribution in [0.1, 0.15) is 15.9 Å². The van der Waals surface area contributed by atoms with E-state index in [1.807, 2.05) is 0 Å². The van der Waals surface area contributed by atoms with Crippen LogP contribution in [0.25, 0.3) is 0 Å². The summed E-state index contributed by atoms with van der Waals surface area (Å²) in [5.74, 6) is -1.24. The number of carbonyl (C=O) groups excluding carboxylic acids is 1. The minimum atomic E-state index is -3.49. The van der Waals surface area contributed by atoms with Crippen LogP contribution in [-0.4, -0.2) is 27.6 Å². The molecule has 122 valence electrons. The van der Waals surface area contributed by atoms with Crippen molar-refractivity contribution in [1.82, 2.24) is 0 Å². The molecule has 2 aromatic rings. The van der Waals surface area contributed by atoms with Crippen LogP contribution in [0, 0.1) is 12.7 Å². The average molecular weight is 336 g/mol. The minimum Gasteiger partial charge on any atom is -0.320 e. The molecule has 0 saturated carbocycles. The van der Waals surface area contributed by atoms with Crippen molar-refractivity contribution in [3.05, 3.63) is 59.4 Å². The molecule has 0 atom stereocenters. The molecule has 0 unspecified atom stereocenters. The summed E-state index contributed by atoms with van der Waals surface area (Å²) in [5, 5.41) is 2.56. The van der Waals surface area contributed by atoms with Crippen LogP contribution in [0.2, 0.25) is 0 Å². The largest absolute Gasteiger partial charge is 0.320 e. The third-order valence-corrected chi connectivity index (χ3v) is 4.62. The second-order valence-corrected chi connectivity index (χ2v) is 7.15. The molecule has 1 amide bonds. The summed E-state index contributed by atoms with van der Waals surface area (Å²) >= 11 is 0. The molecule has 5 nitrogen and oxygen atoms in total. The van der Waals surface area contributed by atoms with Gasteiger partial charge in [0.2, 0.25) is 10.0 Å². The lowest BCUT2D eigenvalue weighted by atomic mass is 10.1. The fourth-order valence-electron chi connectivity index (χ4n) is 2.05. The quantitative estimate of drug-likeness (QED) is 0.933. The lowest BCUT2D eigenvalue weighted by Gasteiger charge is -2.20. The normalized spacial score (nSPS) is 11.1. The Morgan fingerprint density at radius 2 is 1.78 bits per heavy atom. The molecule has 0 fully saturated rings. The van der Waals surface area contributed by atoms with Crippen molar-refractivity contribution >= 4 is 27.3 Å². The number of amides is 1. The zero-order valence-corrected chi connectivity index (χ0v) is 13.8. The maximum atomic E-state index is 14.0. The number of nitrogens with zero attached hydrogens (tertiary/aromatic N) is 1. The smallest absolute Gasteiger partial charge is 0.258 e. The molecule has 0 aliphatic carbocycles. The highest BCUT2D eigenvalue weighted by molar-refractivity contribution is 7.92. The molecule has 0 heterocycles. The molecule has 0 aliphatic heterocycles. The van der Waals surface area contributed by atoms with E-state index in [-0.39, 0.29) is 11.3 Å². The molecule has 2 rings (SSSR count). The topological polar surface area (TPSA) is 66.5 Å². The lowest BCUT2D eigenvalue weighted by Crippen LogP contribution is -2.26. The predicted molar refractivity (Wildman–Crippen MR) is 88.8 cm³/mol. The third kappa shape index (κ3) is 3.68. The van der Waals surface area contributed by atoms with Crippen molar-refractivity contribution in [1.29, 1.82) is 0 Å². The highest BCUT2D eigenvalue weighted by atomic mass is 32.2. The van der Waals surface area contributed by atoms with Gasteiger partial charge in [-0.05, 0) is 30.7 Å². The van der Waals surface area contributed by atoms with Gasteiger partial charge >= 0.3 is 0 Å². The monoisotopic (exact) mass is 336 g/mol. The summed E-state index contributed by atoms with van der Waals surface area (Å²) in [7, 11) is -2.10. The summed E-state index contributed by atoms with van der Waals surface area (Å²) in [6, 6.07) is 11.0. The standard InChI is InChI=1S/C16H17FN2O3S/c1-11-7-6-8-12(15(11)17)16(20)18-13-9-4-5-10-14(13)19(2)23(3,21)22/h4-10H,1-3H3,(H,18,20). The third-order valence-electron chi connectivity index (χ3n) is 3.43. The maximum absolute atomic E-state index is 14.0. The van der Waals surface area contributed by atoms with Gasteiger partial charge in [0.25, 0.3) is 5.91 Å². The summed E-state index contributed by atoms with van der Waals surface area (Å²) in [4.78, 5) is 12.3. The van der Waals surface area contributed by atoms with E-state index in [2.05, 4.69) is 5.32 Å². The molecule has 0 aliphatic rings. The number of para-hydroxylation sites is 2. The first-order valence-electron chi connectivity index (χ1n) is 6.81. The van der Waals surface area contributed by atoms with Gasteiger partial charge in [-0.3, -0.25) is 9.10 Å². The first-order chi connectivity index (χ1) is 10.7. The number of hydrogen-bond acceptors (Lipinski definition) is 3. The van der Waals surface area contributed by atoms with Gasteiger partial charge in [0.1, 0.15) is 5.82 Å². The number of nitrogens with one attached hydrogen (secondary N) is 1. The number of rotatable bonds is 4. The SMILES string of the molecule is Cc1cccc(C(=O)Nc2ccccc2N(C)S(C)(=O)=O)c1F. The van der Waals surface area contributed by atoms with Crippen molar-refractivity contribution in [3.8, 4) is 0 Å². The van der Waals surface area contributed by atoms with Crippen LogP contribution in [0.15, 0.2) is 42.5 Å². The summed E-state index contributed by atoms with van der Waals surface area (Å²) in [6.45, 7) is 1.57. The number of benzene rings is 2. The maximum Gasteiger partial charge on any atom is 0.258 e. The second-order valence-electron chi connectivity index (χ2n) is 5.14. The molecular formula is C16H17FN2O3S. The Labute approximate surface area is 134 Å². The number of hydrogen-bond donors (Lipinski definition) is 1. The van der Waals surface area contributed by atoms with E-state index in [1.54, 1.807) is 43.3 Å². The van der Waals surface area contributed by atoms with Crippen LogP contribution in [0.3, 0.4) is 0 Å².